The predicted molar refractivity (Wildman–Crippen MR) is 85.8 cm³/mol. The van der Waals surface area contributed by atoms with Crippen molar-refractivity contribution in [2.45, 2.75) is 32.4 Å². The molecule has 2 aromatic heterocycles. The Bertz CT molecular complexity index is 661. The van der Waals surface area contributed by atoms with Crippen molar-refractivity contribution in [2.24, 2.45) is 0 Å². The van der Waals surface area contributed by atoms with Gasteiger partial charge in [0.2, 0.25) is 0 Å². The summed E-state index contributed by atoms with van der Waals surface area (Å²) < 4.78 is 0. The first kappa shape index (κ1) is 14.3. The highest BCUT2D eigenvalue weighted by molar-refractivity contribution is 7.18. The zero-order valence-electron chi connectivity index (χ0n) is 11.9. The molecule has 0 atom stereocenters. The average Bonchev–Trinajstić information content (AvgIpc) is 3.04. The Balaban J connectivity index is 1.69. The summed E-state index contributed by atoms with van der Waals surface area (Å²) in [5.41, 5.74) is 6.77. The minimum absolute atomic E-state index is 0.112. The highest BCUT2D eigenvalue weighted by Crippen LogP contribution is 2.31. The van der Waals surface area contributed by atoms with E-state index in [4.69, 9.17) is 5.73 Å². The van der Waals surface area contributed by atoms with Crippen LogP contribution in [0.4, 0.5) is 10.9 Å². The van der Waals surface area contributed by atoms with E-state index in [0.29, 0.717) is 23.3 Å². The zero-order chi connectivity index (χ0) is 15.0. The maximum absolute atomic E-state index is 12.5. The van der Waals surface area contributed by atoms with Crippen LogP contribution in [0.5, 0.6) is 0 Å². The number of nitrogens with one attached hydrogen (secondary N) is 1. The van der Waals surface area contributed by atoms with E-state index in [0.717, 1.165) is 28.7 Å². The third-order valence-corrected chi connectivity index (χ3v) is 4.98. The number of nitrogens with zero attached hydrogens (tertiary/aromatic N) is 3. The van der Waals surface area contributed by atoms with Gasteiger partial charge in [-0.2, -0.15) is 0 Å². The Morgan fingerprint density at radius 2 is 2.29 bits per heavy atom. The van der Waals surface area contributed by atoms with Crippen molar-refractivity contribution in [1.82, 2.24) is 14.9 Å². The number of carbonyl (C=O) groups excluding carboxylic acids is 1. The predicted octanol–water partition coefficient (Wildman–Crippen LogP) is 2.34. The van der Waals surface area contributed by atoms with Crippen LogP contribution in [-0.4, -0.2) is 33.9 Å². The first-order chi connectivity index (χ1) is 10.0. The van der Waals surface area contributed by atoms with Gasteiger partial charge in [-0.1, -0.05) is 11.3 Å². The van der Waals surface area contributed by atoms with E-state index in [1.165, 1.54) is 11.3 Å². The van der Waals surface area contributed by atoms with E-state index in [2.05, 4.69) is 15.3 Å². The van der Waals surface area contributed by atoms with E-state index in [9.17, 15) is 4.79 Å². The van der Waals surface area contributed by atoms with Gasteiger partial charge in [0.1, 0.15) is 10.7 Å². The third kappa shape index (κ3) is 3.33. The summed E-state index contributed by atoms with van der Waals surface area (Å²) in [6.07, 6.45) is 2.32. The van der Waals surface area contributed by atoms with Gasteiger partial charge in [0.15, 0.2) is 5.13 Å². The molecule has 1 aliphatic rings. The van der Waals surface area contributed by atoms with Crippen molar-refractivity contribution in [3.05, 3.63) is 21.0 Å². The summed E-state index contributed by atoms with van der Waals surface area (Å²) in [6.45, 7) is 2.43. The van der Waals surface area contributed by atoms with Gasteiger partial charge in [-0.05, 0) is 19.8 Å². The van der Waals surface area contributed by atoms with Gasteiger partial charge in [0, 0.05) is 18.5 Å². The molecule has 1 aliphatic carbocycles. The summed E-state index contributed by atoms with van der Waals surface area (Å²) >= 11 is 2.91. The Hall–Kier alpha value is -1.67. The number of aromatic nitrogens is 2. The van der Waals surface area contributed by atoms with Crippen molar-refractivity contribution in [1.29, 1.82) is 0 Å². The monoisotopic (exact) mass is 323 g/mol. The average molecular weight is 323 g/mol. The lowest BCUT2D eigenvalue weighted by Gasteiger charge is -2.14. The Labute approximate surface area is 131 Å². The molecule has 2 heterocycles. The molecule has 0 bridgehead atoms. The van der Waals surface area contributed by atoms with Gasteiger partial charge >= 0.3 is 0 Å². The number of amides is 1. The Morgan fingerprint density at radius 3 is 2.90 bits per heavy atom. The molecule has 0 unspecified atom stereocenters. The largest absolute Gasteiger partial charge is 0.382 e. The Morgan fingerprint density at radius 1 is 1.52 bits per heavy atom. The highest BCUT2D eigenvalue weighted by atomic mass is 32.1. The topological polar surface area (TPSA) is 84.1 Å². The molecule has 3 N–H and O–H groups in total. The van der Waals surface area contributed by atoms with Gasteiger partial charge in [-0.15, -0.1) is 11.3 Å². The molecule has 2 aromatic rings. The van der Waals surface area contributed by atoms with E-state index in [1.807, 2.05) is 12.3 Å². The second kappa shape index (κ2) is 5.61. The maximum atomic E-state index is 12.5. The number of nitrogens with two attached hydrogens (primary N) is 1. The quantitative estimate of drug-likeness (QED) is 0.882. The van der Waals surface area contributed by atoms with E-state index in [-0.39, 0.29) is 5.91 Å². The summed E-state index contributed by atoms with van der Waals surface area (Å²) in [7, 11) is 1.75. The summed E-state index contributed by atoms with van der Waals surface area (Å²) in [4.78, 5) is 23.2. The fraction of sp³-hybridized carbons (Fsp3) is 0.462. The molecule has 0 aliphatic heterocycles. The lowest BCUT2D eigenvalue weighted by molar-refractivity contribution is 0.0789. The number of hydrogen-bond acceptors (Lipinski definition) is 7. The maximum Gasteiger partial charge on any atom is 0.267 e. The lowest BCUT2D eigenvalue weighted by Crippen LogP contribution is -2.26. The molecule has 3 rings (SSSR count). The molecule has 8 heteroatoms. The van der Waals surface area contributed by atoms with Gasteiger partial charge in [-0.25, -0.2) is 9.97 Å². The second-order valence-corrected chi connectivity index (χ2v) is 7.23. The van der Waals surface area contributed by atoms with Crippen LogP contribution in [0.1, 0.15) is 33.2 Å². The molecule has 112 valence electrons. The molecule has 1 amide bonds. The van der Waals surface area contributed by atoms with E-state index >= 15 is 0 Å². The molecule has 0 aromatic carbocycles. The summed E-state index contributed by atoms with van der Waals surface area (Å²) in [6, 6.07) is 0.495. The smallest absolute Gasteiger partial charge is 0.267 e. The summed E-state index contributed by atoms with van der Waals surface area (Å²) in [5, 5.41) is 6.97. The van der Waals surface area contributed by atoms with Crippen molar-refractivity contribution in [2.75, 3.05) is 18.1 Å². The molecule has 0 saturated heterocycles. The summed E-state index contributed by atoms with van der Waals surface area (Å²) in [5.74, 6) is 0.189. The van der Waals surface area contributed by atoms with Crippen LogP contribution in [0.3, 0.4) is 0 Å². The SMILES string of the molecule is Cc1nc(CN(C)C(=O)c2sc(NC3CC3)nc2N)cs1. The molecule has 1 saturated carbocycles. The molecular formula is C13H17N5OS2. The van der Waals surface area contributed by atoms with Crippen LogP contribution in [0, 0.1) is 6.92 Å². The van der Waals surface area contributed by atoms with E-state index < -0.39 is 0 Å². The molecule has 0 spiro atoms. The molecule has 0 radical (unpaired) electrons. The second-order valence-electron chi connectivity index (χ2n) is 5.17. The Kier molecular flexibility index (Phi) is 3.81. The third-order valence-electron chi connectivity index (χ3n) is 3.17. The van der Waals surface area contributed by atoms with Crippen LogP contribution in [0.2, 0.25) is 0 Å². The van der Waals surface area contributed by atoms with Crippen LogP contribution >= 0.6 is 22.7 Å². The minimum atomic E-state index is -0.112. The molecule has 6 nitrogen and oxygen atoms in total. The van der Waals surface area contributed by atoms with E-state index in [1.54, 1.807) is 23.3 Å². The van der Waals surface area contributed by atoms with Crippen molar-refractivity contribution >= 4 is 39.5 Å². The number of nitrogen functional groups attached to an aromatic ring is 1. The van der Waals surface area contributed by atoms with Gasteiger partial charge in [-0.3, -0.25) is 4.79 Å². The number of aryl methyl sites for hydroxylation is 1. The number of anilines is 2. The fourth-order valence-electron chi connectivity index (χ4n) is 1.92. The number of hydrogen-bond donors (Lipinski definition) is 2. The number of thiazole rings is 2. The molecule has 21 heavy (non-hydrogen) atoms. The standard InChI is InChI=1S/C13H17N5OS2/c1-7-15-9(6-20-7)5-18(2)12(19)10-11(14)17-13(21-10)16-8-3-4-8/h6,8H,3-5,14H2,1-2H3,(H,16,17). The van der Waals surface area contributed by atoms with Crippen molar-refractivity contribution in [3.8, 4) is 0 Å². The first-order valence-corrected chi connectivity index (χ1v) is 8.42. The zero-order valence-corrected chi connectivity index (χ0v) is 13.6. The molecular weight excluding hydrogens is 306 g/mol. The van der Waals surface area contributed by atoms with Gasteiger partial charge in [0.05, 0.1) is 17.2 Å². The van der Waals surface area contributed by atoms with Crippen LogP contribution in [0.15, 0.2) is 5.38 Å². The lowest BCUT2D eigenvalue weighted by atomic mass is 10.4. The highest BCUT2D eigenvalue weighted by Gasteiger charge is 2.25. The van der Waals surface area contributed by atoms with Crippen LogP contribution < -0.4 is 11.1 Å². The van der Waals surface area contributed by atoms with Crippen molar-refractivity contribution < 1.29 is 4.79 Å². The van der Waals surface area contributed by atoms with Gasteiger partial charge in [0.25, 0.3) is 5.91 Å². The normalized spacial score (nSPS) is 14.2. The van der Waals surface area contributed by atoms with Gasteiger partial charge < -0.3 is 16.0 Å². The first-order valence-electron chi connectivity index (χ1n) is 6.72. The fourth-order valence-corrected chi connectivity index (χ4v) is 3.48. The van der Waals surface area contributed by atoms with Crippen LogP contribution in [0.25, 0.3) is 0 Å². The number of carbonyl (C=O) groups is 1. The van der Waals surface area contributed by atoms with Crippen LogP contribution in [-0.2, 0) is 6.54 Å². The number of rotatable bonds is 5. The molecule has 1 fully saturated rings. The van der Waals surface area contributed by atoms with Crippen molar-refractivity contribution in [3.63, 3.8) is 0 Å². The minimum Gasteiger partial charge on any atom is -0.382 e.